The number of hydrogen-bond donors (Lipinski definition) is 0. The first kappa shape index (κ1) is 45.7. The molecule has 0 spiro atoms. The van der Waals surface area contributed by atoms with Gasteiger partial charge in [0.05, 0.1) is 0 Å². The molecular formula is C61H58Cl2Zr. The van der Waals surface area contributed by atoms with Gasteiger partial charge in [0.2, 0.25) is 0 Å². The maximum absolute atomic E-state index is 3.13. The van der Waals surface area contributed by atoms with Gasteiger partial charge in [-0.2, -0.15) is 0 Å². The molecule has 0 N–H and O–H groups in total. The predicted octanol–water partition coefficient (Wildman–Crippen LogP) is 17.2. The van der Waals surface area contributed by atoms with Crippen LogP contribution in [0.2, 0.25) is 0 Å². The van der Waals surface area contributed by atoms with Crippen molar-refractivity contribution in [1.82, 2.24) is 0 Å². The van der Waals surface area contributed by atoms with Crippen LogP contribution < -0.4 is 0 Å². The molecule has 0 radical (unpaired) electrons. The first-order chi connectivity index (χ1) is 29.8. The van der Waals surface area contributed by atoms with E-state index in [0.29, 0.717) is 0 Å². The van der Waals surface area contributed by atoms with Crippen LogP contribution in [0.15, 0.2) is 179 Å². The maximum Gasteiger partial charge on any atom is -0.147 e. The van der Waals surface area contributed by atoms with E-state index in [4.69, 9.17) is 0 Å². The third-order valence-corrected chi connectivity index (χ3v) is 21.8. The average molecular weight is 953 g/mol. The van der Waals surface area contributed by atoms with Crippen LogP contribution in [0.3, 0.4) is 0 Å². The Bertz CT molecular complexity index is 3010. The second kappa shape index (κ2) is 17.8. The molecule has 64 heavy (non-hydrogen) atoms. The van der Waals surface area contributed by atoms with Gasteiger partial charge >= 0.3 is 379 Å². The average Bonchev–Trinajstić information content (AvgIpc) is 3.90. The van der Waals surface area contributed by atoms with Gasteiger partial charge in [0.25, 0.3) is 0 Å². The third kappa shape index (κ3) is 8.19. The summed E-state index contributed by atoms with van der Waals surface area (Å²) in [5, 5.41) is 5.16. The van der Waals surface area contributed by atoms with Crippen molar-refractivity contribution in [3.63, 3.8) is 0 Å². The first-order valence-electron chi connectivity index (χ1n) is 22.4. The Morgan fingerprint density at radius 3 is 1.28 bits per heavy atom. The van der Waals surface area contributed by atoms with Gasteiger partial charge in [-0.05, 0) is 0 Å². The van der Waals surface area contributed by atoms with E-state index in [1.54, 1.807) is 6.49 Å². The molecule has 0 amide bonds. The molecule has 0 aromatic heterocycles. The Balaban J connectivity index is 0.00000280. The summed E-state index contributed by atoms with van der Waals surface area (Å²) in [4.78, 5) is 0. The van der Waals surface area contributed by atoms with Crippen molar-refractivity contribution in [2.24, 2.45) is 0 Å². The van der Waals surface area contributed by atoms with Crippen LogP contribution in [-0.4, -0.2) is 3.21 Å². The summed E-state index contributed by atoms with van der Waals surface area (Å²) in [7, 11) is 0. The Hall–Kier alpha value is -4.91. The number of benzene rings is 8. The monoisotopic (exact) mass is 950 g/mol. The van der Waals surface area contributed by atoms with Gasteiger partial charge in [-0.1, -0.05) is 0 Å². The largest absolute Gasteiger partial charge is 0.147 e. The minimum absolute atomic E-state index is 0. The summed E-state index contributed by atoms with van der Waals surface area (Å²) in [6.07, 6.45) is 8.28. The number of allylic oxidation sites excluding steroid dienone is 4. The molecule has 0 fully saturated rings. The molecule has 8 aromatic rings. The number of fused-ring (bicyclic) bond motifs is 5. The van der Waals surface area contributed by atoms with Crippen LogP contribution in [-0.2, 0) is 32.1 Å². The van der Waals surface area contributed by atoms with Gasteiger partial charge in [-0.15, -0.1) is 24.8 Å². The Labute approximate surface area is 401 Å². The van der Waals surface area contributed by atoms with Gasteiger partial charge < -0.3 is 0 Å². The van der Waals surface area contributed by atoms with Crippen LogP contribution in [0.25, 0.3) is 54.9 Å². The van der Waals surface area contributed by atoms with Crippen molar-refractivity contribution >= 4 is 49.6 Å². The molecule has 0 atom stereocenters. The minimum Gasteiger partial charge on any atom is -0.147 e. The number of rotatable bonds is 6. The summed E-state index contributed by atoms with van der Waals surface area (Å²) in [5.74, 6) is 0. The van der Waals surface area contributed by atoms with Gasteiger partial charge in [-0.3, -0.25) is 0 Å². The summed E-state index contributed by atoms with van der Waals surface area (Å²) >= 11 is -3.13. The molecule has 2 aliphatic rings. The topological polar surface area (TPSA) is 0 Å². The van der Waals surface area contributed by atoms with E-state index in [1.807, 2.05) is 0 Å². The summed E-state index contributed by atoms with van der Waals surface area (Å²) in [6, 6.07) is 61.1. The Morgan fingerprint density at radius 2 is 0.875 bits per heavy atom. The van der Waals surface area contributed by atoms with Crippen LogP contribution >= 0.6 is 24.8 Å². The molecule has 3 heteroatoms. The molecule has 0 heterocycles. The normalized spacial score (nSPS) is 13.3. The van der Waals surface area contributed by atoms with Crippen LogP contribution in [0.4, 0.5) is 0 Å². The van der Waals surface area contributed by atoms with E-state index in [9.17, 15) is 0 Å². The van der Waals surface area contributed by atoms with Crippen molar-refractivity contribution in [2.45, 2.75) is 76.3 Å². The van der Waals surface area contributed by atoms with Crippen molar-refractivity contribution in [1.29, 1.82) is 0 Å². The molecule has 8 aromatic carbocycles. The zero-order valence-corrected chi connectivity index (χ0v) is 42.4. The standard InChI is InChI=1S/C35H37.C21H14.C5H5.2ClH.Zr/c1-22-13-9-11-15-26(22)30-18-24-17-25-19-31(27-16-12-10-14-23(27)2)33(35(6,7)8)21-29(25)28(24)20-32(30)34(3,4)5;1-3-7-20-14-16(9-11-18(20)5-1)13-17-10-12-19-6-2-4-8-21(19)15-17;1-2-4-5-3-1;;;/h9-21H,1-8H3;1-12,14-15H;1-3H,4H2;2*1H;. The molecule has 0 unspecified atom stereocenters. The molecule has 0 saturated heterocycles. The summed E-state index contributed by atoms with van der Waals surface area (Å²) in [5.41, 5.74) is 19.4. The fourth-order valence-corrected chi connectivity index (χ4v) is 19.3. The fraction of sp³-hybridized carbons (Fsp3) is 0.197. The first-order valence-corrected chi connectivity index (χ1v) is 26.3. The van der Waals surface area contributed by atoms with Crippen molar-refractivity contribution in [3.05, 3.63) is 224 Å². The molecule has 0 aliphatic heterocycles. The van der Waals surface area contributed by atoms with Gasteiger partial charge in [0.1, 0.15) is 0 Å². The zero-order valence-electron chi connectivity index (χ0n) is 38.3. The molecule has 0 nitrogen and oxygen atoms in total. The van der Waals surface area contributed by atoms with Crippen molar-refractivity contribution < 1.29 is 21.3 Å². The number of hydrogen-bond acceptors (Lipinski definition) is 0. The molecule has 2 aliphatic carbocycles. The predicted molar refractivity (Wildman–Crippen MR) is 279 cm³/mol. The van der Waals surface area contributed by atoms with Crippen molar-refractivity contribution in [3.8, 4) is 33.4 Å². The van der Waals surface area contributed by atoms with E-state index < -0.39 is 21.3 Å². The summed E-state index contributed by atoms with van der Waals surface area (Å²) < 4.78 is 3.48. The van der Waals surface area contributed by atoms with Crippen LogP contribution in [0.1, 0.15) is 96.1 Å². The summed E-state index contributed by atoms with van der Waals surface area (Å²) in [6.45, 7) is 18.9. The van der Waals surface area contributed by atoms with Crippen molar-refractivity contribution in [2.75, 3.05) is 0 Å². The van der Waals surface area contributed by atoms with Crippen LogP contribution in [0.5, 0.6) is 0 Å². The second-order valence-corrected chi connectivity index (χ2v) is 26.0. The molecule has 0 saturated carbocycles. The van der Waals surface area contributed by atoms with Gasteiger partial charge in [0, 0.05) is 0 Å². The maximum atomic E-state index is 2.68. The third-order valence-electron chi connectivity index (χ3n) is 13.5. The smallest absolute Gasteiger partial charge is 0.147 e. The van der Waals surface area contributed by atoms with Crippen LogP contribution in [0, 0.1) is 13.8 Å². The minimum atomic E-state index is -3.13. The molecule has 10 rings (SSSR count). The molecule has 320 valence electrons. The quantitative estimate of drug-likeness (QED) is 0.156. The number of halogens is 2. The van der Waals surface area contributed by atoms with Gasteiger partial charge in [0.15, 0.2) is 0 Å². The Morgan fingerprint density at radius 1 is 0.453 bits per heavy atom. The molecular weight excluding hydrogens is 895 g/mol. The Kier molecular flexibility index (Phi) is 12.7. The van der Waals surface area contributed by atoms with E-state index in [-0.39, 0.29) is 39.3 Å². The fourth-order valence-electron chi connectivity index (χ4n) is 10.4. The van der Waals surface area contributed by atoms with E-state index in [1.165, 1.54) is 99.4 Å². The zero-order chi connectivity index (χ0) is 42.9. The second-order valence-electron chi connectivity index (χ2n) is 19.8. The SMILES string of the molecule is Cc1ccccc1-c1cc2c(cc1C(C)(C)C)-c1cc(C(C)(C)C)c(-c3ccccc3C)cc1[CH]2[Zr]([C]1=CC=CC1)=[C](c1ccc2ccccc2c1)c1ccc2ccccc2c1.Cl.Cl. The number of aryl methyl sites for hydroxylation is 2. The van der Waals surface area contributed by atoms with E-state index >= 15 is 0 Å². The molecule has 0 bridgehead atoms. The van der Waals surface area contributed by atoms with Gasteiger partial charge in [-0.25, -0.2) is 0 Å². The van der Waals surface area contributed by atoms with E-state index in [2.05, 4.69) is 231 Å². The van der Waals surface area contributed by atoms with E-state index in [0.717, 1.165) is 6.42 Å².